The van der Waals surface area contributed by atoms with Crippen LogP contribution in [-0.4, -0.2) is 0 Å². The van der Waals surface area contributed by atoms with Crippen LogP contribution in [0.3, 0.4) is 0 Å². The molecule has 1 nitrogen and oxygen atoms in total. The Morgan fingerprint density at radius 2 is 1.34 bits per heavy atom. The van der Waals surface area contributed by atoms with Gasteiger partial charge in [0, 0.05) is 31.9 Å². The summed E-state index contributed by atoms with van der Waals surface area (Å²) in [6.07, 6.45) is 0. The third kappa shape index (κ3) is 4.58. The highest BCUT2D eigenvalue weighted by Crippen LogP contribution is 2.44. The Labute approximate surface area is 201 Å². The van der Waals surface area contributed by atoms with Crippen molar-refractivity contribution < 1.29 is 0 Å². The van der Waals surface area contributed by atoms with E-state index in [1.807, 2.05) is 6.07 Å². The summed E-state index contributed by atoms with van der Waals surface area (Å²) in [5.74, 6) is 0. The molecule has 0 N–H and O–H groups in total. The molecule has 0 amide bonds. The van der Waals surface area contributed by atoms with Crippen molar-refractivity contribution in [2.75, 3.05) is 4.90 Å². The van der Waals surface area contributed by atoms with Crippen molar-refractivity contribution in [2.45, 2.75) is 59.3 Å². The molecule has 0 atom stereocenters. The minimum atomic E-state index is 0.0965. The van der Waals surface area contributed by atoms with Crippen molar-refractivity contribution in [1.82, 2.24) is 0 Å². The van der Waals surface area contributed by atoms with E-state index in [1.165, 1.54) is 26.9 Å². The number of rotatable bonds is 3. The average molecular weight is 462 g/mol. The van der Waals surface area contributed by atoms with E-state index >= 15 is 0 Å². The first-order valence-electron chi connectivity index (χ1n) is 11.1. The lowest BCUT2D eigenvalue weighted by Crippen LogP contribution is -2.13. The number of thiophene rings is 1. The first kappa shape index (κ1) is 22.9. The van der Waals surface area contributed by atoms with Crippen LogP contribution < -0.4 is 4.90 Å². The van der Waals surface area contributed by atoms with E-state index in [0.29, 0.717) is 0 Å². The van der Waals surface area contributed by atoms with Gasteiger partial charge in [-0.3, -0.25) is 0 Å². The van der Waals surface area contributed by atoms with Crippen LogP contribution in [0, 0.1) is 6.92 Å². The fourth-order valence-corrected chi connectivity index (χ4v) is 5.23. The molecule has 0 aliphatic rings. The Morgan fingerprint density at radius 1 is 0.719 bits per heavy atom. The molecule has 4 aromatic rings. The smallest absolute Gasteiger partial charge is 0.0647 e. The van der Waals surface area contributed by atoms with Gasteiger partial charge in [-0.25, -0.2) is 0 Å². The zero-order chi connectivity index (χ0) is 23.3. The minimum absolute atomic E-state index is 0.0965. The second-order valence-electron chi connectivity index (χ2n) is 10.7. The Kier molecular flexibility index (Phi) is 5.90. The number of fused-ring (bicyclic) bond motifs is 1. The van der Waals surface area contributed by atoms with E-state index < -0.39 is 0 Å². The summed E-state index contributed by atoms with van der Waals surface area (Å²) in [6.45, 7) is 15.7. The number of hydrogen-bond acceptors (Lipinski definition) is 2. The van der Waals surface area contributed by atoms with Crippen LogP contribution in [0.1, 0.15) is 58.2 Å². The van der Waals surface area contributed by atoms with E-state index in [-0.39, 0.29) is 10.8 Å². The maximum absolute atomic E-state index is 6.51. The Balaban J connectivity index is 1.94. The SMILES string of the molecule is Cc1cc(Cl)cc(N(c2ccc(C(C)(C)C)cc2)c2csc3ccc(C(C)(C)C)cc23)c1. The Hall–Kier alpha value is -2.29. The molecular weight excluding hydrogens is 430 g/mol. The standard InChI is InChI=1S/C29H32ClNS/c1-19-14-22(30)17-24(15-19)31(23-11-8-20(9-12-23)28(2,3)4)26-18-32-27-13-10-21(16-25(26)27)29(5,6)7/h8-18H,1-7H3. The predicted molar refractivity (Wildman–Crippen MR) is 144 cm³/mol. The van der Waals surface area contributed by atoms with Gasteiger partial charge in [-0.1, -0.05) is 71.3 Å². The van der Waals surface area contributed by atoms with Gasteiger partial charge >= 0.3 is 0 Å². The fraction of sp³-hybridized carbons (Fsp3) is 0.310. The quantitative estimate of drug-likeness (QED) is 0.293. The molecule has 4 rings (SSSR count). The first-order chi connectivity index (χ1) is 14.9. The second kappa shape index (κ2) is 8.24. The summed E-state index contributed by atoms with van der Waals surface area (Å²) in [7, 11) is 0. The van der Waals surface area contributed by atoms with E-state index in [1.54, 1.807) is 11.3 Å². The summed E-state index contributed by atoms with van der Waals surface area (Å²) in [5.41, 5.74) is 7.45. The van der Waals surface area contributed by atoms with Crippen molar-refractivity contribution >= 4 is 50.1 Å². The molecule has 1 aromatic heterocycles. The highest BCUT2D eigenvalue weighted by molar-refractivity contribution is 7.17. The second-order valence-corrected chi connectivity index (χ2v) is 12.0. The molecule has 0 radical (unpaired) electrons. The lowest BCUT2D eigenvalue weighted by molar-refractivity contribution is 0.590. The van der Waals surface area contributed by atoms with Crippen molar-refractivity contribution in [3.8, 4) is 0 Å². The zero-order valence-electron chi connectivity index (χ0n) is 20.1. The van der Waals surface area contributed by atoms with Gasteiger partial charge in [0.15, 0.2) is 0 Å². The lowest BCUT2D eigenvalue weighted by Gasteiger charge is -2.27. The van der Waals surface area contributed by atoms with Crippen LogP contribution in [0.5, 0.6) is 0 Å². The molecule has 0 aliphatic heterocycles. The Bertz CT molecular complexity index is 1230. The number of hydrogen-bond donors (Lipinski definition) is 0. The number of anilines is 3. The van der Waals surface area contributed by atoms with Crippen LogP contribution in [0.2, 0.25) is 5.02 Å². The topological polar surface area (TPSA) is 3.24 Å². The van der Waals surface area contributed by atoms with Crippen LogP contribution >= 0.6 is 22.9 Å². The molecule has 0 fully saturated rings. The summed E-state index contributed by atoms with van der Waals surface area (Å²) in [5, 5.41) is 4.30. The molecule has 3 heteroatoms. The summed E-state index contributed by atoms with van der Waals surface area (Å²) < 4.78 is 1.29. The van der Waals surface area contributed by atoms with Gasteiger partial charge in [-0.2, -0.15) is 0 Å². The molecule has 0 saturated carbocycles. The number of halogens is 1. The third-order valence-corrected chi connectivity index (χ3v) is 7.11. The van der Waals surface area contributed by atoms with E-state index in [9.17, 15) is 0 Å². The van der Waals surface area contributed by atoms with Gasteiger partial charge in [0.2, 0.25) is 0 Å². The first-order valence-corrected chi connectivity index (χ1v) is 12.4. The minimum Gasteiger partial charge on any atom is -0.309 e. The van der Waals surface area contributed by atoms with Gasteiger partial charge in [0.25, 0.3) is 0 Å². The summed E-state index contributed by atoms with van der Waals surface area (Å²) in [6, 6.07) is 22.1. The van der Waals surface area contributed by atoms with Gasteiger partial charge in [-0.05, 0) is 76.9 Å². The van der Waals surface area contributed by atoms with E-state index in [0.717, 1.165) is 22.0 Å². The molecule has 0 saturated heterocycles. The largest absolute Gasteiger partial charge is 0.309 e. The highest BCUT2D eigenvalue weighted by atomic mass is 35.5. The maximum atomic E-state index is 6.51. The monoisotopic (exact) mass is 461 g/mol. The van der Waals surface area contributed by atoms with Crippen LogP contribution in [0.15, 0.2) is 66.0 Å². The molecule has 166 valence electrons. The van der Waals surface area contributed by atoms with Crippen LogP contribution in [0.25, 0.3) is 10.1 Å². The van der Waals surface area contributed by atoms with E-state index in [4.69, 9.17) is 11.6 Å². The average Bonchev–Trinajstić information content (AvgIpc) is 3.10. The number of benzene rings is 3. The molecule has 1 heterocycles. The summed E-state index contributed by atoms with van der Waals surface area (Å²) in [4.78, 5) is 2.34. The molecule has 0 spiro atoms. The highest BCUT2D eigenvalue weighted by Gasteiger charge is 2.21. The van der Waals surface area contributed by atoms with Gasteiger partial charge in [0.05, 0.1) is 5.69 Å². The van der Waals surface area contributed by atoms with Crippen LogP contribution in [-0.2, 0) is 10.8 Å². The normalized spacial score (nSPS) is 12.4. The lowest BCUT2D eigenvalue weighted by atomic mass is 9.86. The number of nitrogens with zero attached hydrogens (tertiary/aromatic N) is 1. The van der Waals surface area contributed by atoms with Gasteiger partial charge in [-0.15, -0.1) is 11.3 Å². The third-order valence-electron chi connectivity index (χ3n) is 5.94. The molecule has 0 unspecified atom stereocenters. The maximum Gasteiger partial charge on any atom is 0.0647 e. The van der Waals surface area contributed by atoms with Crippen LogP contribution in [0.4, 0.5) is 17.1 Å². The van der Waals surface area contributed by atoms with Crippen molar-refractivity contribution in [3.63, 3.8) is 0 Å². The summed E-state index contributed by atoms with van der Waals surface area (Å²) >= 11 is 8.30. The number of aryl methyl sites for hydroxylation is 1. The van der Waals surface area contributed by atoms with Crippen molar-refractivity contribution in [1.29, 1.82) is 0 Å². The van der Waals surface area contributed by atoms with Crippen molar-refractivity contribution in [2.24, 2.45) is 0 Å². The van der Waals surface area contributed by atoms with Gasteiger partial charge < -0.3 is 4.90 Å². The molecule has 3 aromatic carbocycles. The molecule has 0 bridgehead atoms. The van der Waals surface area contributed by atoms with Crippen molar-refractivity contribution in [3.05, 3.63) is 87.8 Å². The molecular formula is C29H32ClNS. The predicted octanol–water partition coefficient (Wildman–Crippen LogP) is 9.93. The van der Waals surface area contributed by atoms with E-state index in [2.05, 4.69) is 113 Å². The van der Waals surface area contributed by atoms with Gasteiger partial charge in [0.1, 0.15) is 0 Å². The molecule has 0 aliphatic carbocycles. The zero-order valence-corrected chi connectivity index (χ0v) is 21.7. The fourth-order valence-electron chi connectivity index (χ4n) is 4.04. The Morgan fingerprint density at radius 3 is 1.94 bits per heavy atom. The molecule has 32 heavy (non-hydrogen) atoms.